The molecule has 1 saturated heterocycles. The van der Waals surface area contributed by atoms with Crippen LogP contribution in [0.5, 0.6) is 0 Å². The standard InChI is InChI=1S/C12H14F2N2O3S/c13-9-2-1-3-10(14)12(9)15-6-11(17)16-8-4-5-20(18,19)7-8/h1-3,8,15H,4-7H2,(H,16,17). The van der Waals surface area contributed by atoms with Crippen LogP contribution in [-0.4, -0.2) is 38.4 Å². The molecule has 0 saturated carbocycles. The lowest BCUT2D eigenvalue weighted by atomic mass is 10.2. The molecule has 1 unspecified atom stereocenters. The highest BCUT2D eigenvalue weighted by molar-refractivity contribution is 7.91. The molecule has 2 N–H and O–H groups in total. The maximum Gasteiger partial charge on any atom is 0.239 e. The van der Waals surface area contributed by atoms with E-state index >= 15 is 0 Å². The van der Waals surface area contributed by atoms with Gasteiger partial charge in [-0.1, -0.05) is 6.07 Å². The van der Waals surface area contributed by atoms with E-state index in [4.69, 9.17) is 0 Å². The number of amides is 1. The number of sulfone groups is 1. The van der Waals surface area contributed by atoms with E-state index in [2.05, 4.69) is 10.6 Å². The third-order valence-electron chi connectivity index (χ3n) is 2.99. The van der Waals surface area contributed by atoms with Crippen LogP contribution >= 0.6 is 0 Å². The lowest BCUT2D eigenvalue weighted by molar-refractivity contribution is -0.119. The van der Waals surface area contributed by atoms with Crippen LogP contribution in [0, 0.1) is 11.6 Å². The number of hydrogen-bond acceptors (Lipinski definition) is 4. The molecule has 1 atom stereocenters. The molecule has 0 aromatic heterocycles. The summed E-state index contributed by atoms with van der Waals surface area (Å²) in [5, 5.41) is 4.88. The first-order valence-electron chi connectivity index (χ1n) is 6.05. The summed E-state index contributed by atoms with van der Waals surface area (Å²) in [5.74, 6) is -2.13. The minimum absolute atomic E-state index is 0.0489. The van der Waals surface area contributed by atoms with E-state index in [1.807, 2.05) is 0 Å². The molecule has 1 heterocycles. The summed E-state index contributed by atoms with van der Waals surface area (Å²) in [7, 11) is -3.08. The lowest BCUT2D eigenvalue weighted by Gasteiger charge is -2.12. The number of rotatable bonds is 4. The molecule has 1 aromatic rings. The van der Waals surface area contributed by atoms with Crippen molar-refractivity contribution >= 4 is 21.4 Å². The van der Waals surface area contributed by atoms with Gasteiger partial charge in [0, 0.05) is 6.04 Å². The van der Waals surface area contributed by atoms with Gasteiger partial charge in [0.1, 0.15) is 17.3 Å². The Labute approximate surface area is 115 Å². The van der Waals surface area contributed by atoms with Gasteiger partial charge >= 0.3 is 0 Å². The van der Waals surface area contributed by atoms with Crippen LogP contribution in [-0.2, 0) is 14.6 Å². The number of carbonyl (C=O) groups is 1. The van der Waals surface area contributed by atoms with E-state index in [1.54, 1.807) is 0 Å². The second kappa shape index (κ2) is 5.74. The van der Waals surface area contributed by atoms with Crippen LogP contribution in [0.1, 0.15) is 6.42 Å². The van der Waals surface area contributed by atoms with E-state index in [9.17, 15) is 22.0 Å². The average Bonchev–Trinajstić information content (AvgIpc) is 2.68. The van der Waals surface area contributed by atoms with Gasteiger partial charge in [0.25, 0.3) is 0 Å². The van der Waals surface area contributed by atoms with Crippen molar-refractivity contribution in [3.05, 3.63) is 29.8 Å². The van der Waals surface area contributed by atoms with Crippen LogP contribution in [0.2, 0.25) is 0 Å². The first-order valence-corrected chi connectivity index (χ1v) is 7.87. The van der Waals surface area contributed by atoms with Gasteiger partial charge in [-0.25, -0.2) is 17.2 Å². The molecule has 1 fully saturated rings. The minimum atomic E-state index is -3.08. The molecule has 8 heteroatoms. The van der Waals surface area contributed by atoms with Crippen LogP contribution in [0.25, 0.3) is 0 Å². The summed E-state index contributed by atoms with van der Waals surface area (Å²) in [6.07, 6.45) is 0.363. The number of anilines is 1. The Bertz CT molecular complexity index is 599. The zero-order chi connectivity index (χ0) is 14.8. The number of hydrogen-bond donors (Lipinski definition) is 2. The van der Waals surface area contributed by atoms with Crippen molar-refractivity contribution in [2.45, 2.75) is 12.5 Å². The molecule has 0 aliphatic carbocycles. The quantitative estimate of drug-likeness (QED) is 0.858. The molecule has 110 valence electrons. The van der Waals surface area contributed by atoms with Gasteiger partial charge in [-0.05, 0) is 18.6 Å². The fraction of sp³-hybridized carbons (Fsp3) is 0.417. The molecule has 1 aliphatic rings. The molecule has 1 aromatic carbocycles. The van der Waals surface area contributed by atoms with Crippen molar-refractivity contribution in [1.29, 1.82) is 0 Å². The Hall–Kier alpha value is -1.70. The predicted octanol–water partition coefficient (Wildman–Crippen LogP) is 0.680. The smallest absolute Gasteiger partial charge is 0.239 e. The highest BCUT2D eigenvalue weighted by Gasteiger charge is 2.28. The van der Waals surface area contributed by atoms with Gasteiger partial charge in [0.15, 0.2) is 9.84 Å². The third kappa shape index (κ3) is 3.66. The highest BCUT2D eigenvalue weighted by Crippen LogP contribution is 2.17. The second-order valence-electron chi connectivity index (χ2n) is 4.62. The Morgan fingerprint density at radius 1 is 1.30 bits per heavy atom. The van der Waals surface area contributed by atoms with Crippen molar-refractivity contribution < 1.29 is 22.0 Å². The summed E-state index contributed by atoms with van der Waals surface area (Å²) in [4.78, 5) is 11.6. The molecule has 2 rings (SSSR count). The van der Waals surface area contributed by atoms with Crippen molar-refractivity contribution in [2.75, 3.05) is 23.4 Å². The van der Waals surface area contributed by atoms with E-state index < -0.39 is 33.4 Å². The van der Waals surface area contributed by atoms with Crippen LogP contribution in [0.4, 0.5) is 14.5 Å². The molecule has 1 amide bonds. The second-order valence-corrected chi connectivity index (χ2v) is 6.85. The maximum atomic E-state index is 13.3. The lowest BCUT2D eigenvalue weighted by Crippen LogP contribution is -2.39. The first kappa shape index (κ1) is 14.7. The summed E-state index contributed by atoms with van der Waals surface area (Å²) in [6, 6.07) is 2.94. The highest BCUT2D eigenvalue weighted by atomic mass is 32.2. The van der Waals surface area contributed by atoms with Gasteiger partial charge in [0.2, 0.25) is 5.91 Å². The zero-order valence-electron chi connectivity index (χ0n) is 10.5. The van der Waals surface area contributed by atoms with Crippen LogP contribution < -0.4 is 10.6 Å². The Balaban J connectivity index is 1.87. The molecule has 20 heavy (non-hydrogen) atoms. The first-order chi connectivity index (χ1) is 9.37. The fourth-order valence-electron chi connectivity index (χ4n) is 2.02. The molecule has 0 radical (unpaired) electrons. The number of carbonyl (C=O) groups excluding carboxylic acids is 1. The number of nitrogens with one attached hydrogen (secondary N) is 2. The Morgan fingerprint density at radius 3 is 2.50 bits per heavy atom. The number of para-hydroxylation sites is 1. The molecule has 0 spiro atoms. The van der Waals surface area contributed by atoms with E-state index in [0.717, 1.165) is 12.1 Å². The van der Waals surface area contributed by atoms with Gasteiger partial charge < -0.3 is 10.6 Å². The third-order valence-corrected chi connectivity index (χ3v) is 4.75. The SMILES string of the molecule is O=C(CNc1c(F)cccc1F)NC1CCS(=O)(=O)C1. The maximum absolute atomic E-state index is 13.3. The predicted molar refractivity (Wildman–Crippen MR) is 70.0 cm³/mol. The van der Waals surface area contributed by atoms with Crippen LogP contribution in [0.15, 0.2) is 18.2 Å². The van der Waals surface area contributed by atoms with Crippen molar-refractivity contribution in [3.8, 4) is 0 Å². The van der Waals surface area contributed by atoms with Crippen molar-refractivity contribution in [3.63, 3.8) is 0 Å². The van der Waals surface area contributed by atoms with E-state index in [0.29, 0.717) is 6.42 Å². The fourth-order valence-corrected chi connectivity index (χ4v) is 3.70. The van der Waals surface area contributed by atoms with Gasteiger partial charge in [-0.15, -0.1) is 0 Å². The molecule has 1 aliphatic heterocycles. The van der Waals surface area contributed by atoms with Crippen molar-refractivity contribution in [1.82, 2.24) is 5.32 Å². The molecular weight excluding hydrogens is 290 g/mol. The van der Waals surface area contributed by atoms with Gasteiger partial charge in [-0.2, -0.15) is 0 Å². The van der Waals surface area contributed by atoms with E-state index in [1.165, 1.54) is 6.07 Å². The summed E-state index contributed by atoms with van der Waals surface area (Å²) >= 11 is 0. The van der Waals surface area contributed by atoms with Crippen LogP contribution in [0.3, 0.4) is 0 Å². The summed E-state index contributed by atoms with van der Waals surface area (Å²) in [5.41, 5.74) is -0.373. The summed E-state index contributed by atoms with van der Waals surface area (Å²) in [6.45, 7) is -0.325. The Morgan fingerprint density at radius 2 is 1.95 bits per heavy atom. The Kier molecular flexibility index (Phi) is 4.22. The van der Waals surface area contributed by atoms with Gasteiger partial charge in [0.05, 0.1) is 18.1 Å². The van der Waals surface area contributed by atoms with E-state index in [-0.39, 0.29) is 23.7 Å². The van der Waals surface area contributed by atoms with Gasteiger partial charge in [-0.3, -0.25) is 4.79 Å². The topological polar surface area (TPSA) is 75.3 Å². The largest absolute Gasteiger partial charge is 0.371 e. The van der Waals surface area contributed by atoms with Crippen molar-refractivity contribution in [2.24, 2.45) is 0 Å². The average molecular weight is 304 g/mol. The number of benzene rings is 1. The minimum Gasteiger partial charge on any atom is -0.371 e. The monoisotopic (exact) mass is 304 g/mol. The normalized spacial score (nSPS) is 20.6. The molecule has 0 bridgehead atoms. The number of halogens is 2. The molecular formula is C12H14F2N2O3S. The summed E-state index contributed by atoms with van der Waals surface area (Å²) < 4.78 is 49.0. The zero-order valence-corrected chi connectivity index (χ0v) is 11.3. The molecule has 5 nitrogen and oxygen atoms in total.